The van der Waals surface area contributed by atoms with Gasteiger partial charge >= 0.3 is 23.9 Å². The zero-order valence-electron chi connectivity index (χ0n) is 23.0. The fourth-order valence-electron chi connectivity index (χ4n) is 4.08. The number of ether oxygens (including phenoxy) is 7. The molecule has 2 aromatic rings. The summed E-state index contributed by atoms with van der Waals surface area (Å²) in [5.74, 6) is -2.48. The van der Waals surface area contributed by atoms with Gasteiger partial charge in [0.2, 0.25) is 0 Å². The molecule has 1 fully saturated rings. The van der Waals surface area contributed by atoms with E-state index < -0.39 is 53.7 Å². The number of carbonyl (C=O) groups excluding carboxylic acids is 4. The first-order valence-electron chi connectivity index (χ1n) is 12.3. The van der Waals surface area contributed by atoms with Crippen LogP contribution in [0.25, 0.3) is 0 Å². The summed E-state index contributed by atoms with van der Waals surface area (Å²) in [5, 5.41) is 0. The molecule has 0 unspecified atom stereocenters. The number of methoxy groups -OCH3 is 2. The van der Waals surface area contributed by atoms with Crippen LogP contribution in [0, 0.1) is 6.92 Å². The monoisotopic (exact) mass is 576 g/mol. The lowest BCUT2D eigenvalue weighted by atomic mass is 9.99. The van der Waals surface area contributed by atoms with Crippen LogP contribution in [0.1, 0.15) is 36.7 Å². The fraction of sp³-hybridized carbons (Fsp3) is 0.429. The number of thioether (sulfide) groups is 1. The molecule has 3 rings (SSSR count). The van der Waals surface area contributed by atoms with E-state index in [2.05, 4.69) is 0 Å². The number of benzene rings is 2. The quantitative estimate of drug-likeness (QED) is 0.303. The lowest BCUT2D eigenvalue weighted by molar-refractivity contribution is -0.231. The highest BCUT2D eigenvalue weighted by molar-refractivity contribution is 7.99. The smallest absolute Gasteiger partial charge is 0.346 e. The van der Waals surface area contributed by atoms with Crippen molar-refractivity contribution in [1.82, 2.24) is 0 Å². The molecule has 12 heteroatoms. The highest BCUT2D eigenvalue weighted by Gasteiger charge is 2.53. The molecule has 2 aromatic carbocycles. The van der Waals surface area contributed by atoms with Gasteiger partial charge in [0.1, 0.15) is 35.2 Å². The van der Waals surface area contributed by atoms with Crippen LogP contribution in [0.4, 0.5) is 0 Å². The van der Waals surface area contributed by atoms with Crippen molar-refractivity contribution in [3.63, 3.8) is 0 Å². The average Bonchev–Trinajstić information content (AvgIpc) is 2.90. The zero-order chi connectivity index (χ0) is 29.4. The molecule has 5 atom stereocenters. The van der Waals surface area contributed by atoms with Crippen LogP contribution in [-0.2, 0) is 38.1 Å². The van der Waals surface area contributed by atoms with Crippen molar-refractivity contribution in [3.05, 3.63) is 53.6 Å². The molecule has 0 N–H and O–H groups in total. The van der Waals surface area contributed by atoms with Gasteiger partial charge in [-0.05, 0) is 31.2 Å². The fourth-order valence-corrected chi connectivity index (χ4v) is 5.18. The summed E-state index contributed by atoms with van der Waals surface area (Å²) in [4.78, 5) is 50.3. The Morgan fingerprint density at radius 1 is 0.775 bits per heavy atom. The van der Waals surface area contributed by atoms with Gasteiger partial charge < -0.3 is 33.2 Å². The maximum atomic E-state index is 13.6. The molecule has 0 radical (unpaired) electrons. The molecule has 216 valence electrons. The van der Waals surface area contributed by atoms with Crippen LogP contribution in [0.2, 0.25) is 0 Å². The van der Waals surface area contributed by atoms with Gasteiger partial charge in [-0.3, -0.25) is 14.4 Å². The molecule has 11 nitrogen and oxygen atoms in total. The third-order valence-electron chi connectivity index (χ3n) is 5.79. The molecule has 0 aromatic heterocycles. The molecule has 1 aliphatic heterocycles. The Morgan fingerprint density at radius 2 is 1.35 bits per heavy atom. The summed E-state index contributed by atoms with van der Waals surface area (Å²) in [6, 6.07) is 12.3. The van der Waals surface area contributed by atoms with Gasteiger partial charge in [-0.25, -0.2) is 4.79 Å². The average molecular weight is 577 g/mol. The lowest BCUT2D eigenvalue weighted by Gasteiger charge is -2.44. The first-order valence-corrected chi connectivity index (χ1v) is 13.2. The van der Waals surface area contributed by atoms with E-state index in [1.54, 1.807) is 18.2 Å². The first-order chi connectivity index (χ1) is 19.0. The Kier molecular flexibility index (Phi) is 10.8. The number of rotatable bonds is 10. The predicted molar refractivity (Wildman–Crippen MR) is 142 cm³/mol. The largest absolute Gasteiger partial charge is 0.496 e. The molecule has 0 saturated carbocycles. The second kappa shape index (κ2) is 14.0. The summed E-state index contributed by atoms with van der Waals surface area (Å²) >= 11 is 1.19. The SMILES string of the molecule is COc1cccc(OC)c1C(=O)O[C@@H]1[C@@H](OC(C)=O)[C@@H](OC(C)=O)[C@@H](COC(C)=O)O[C@H]1Sc1ccc(C)cc1. The summed E-state index contributed by atoms with van der Waals surface area (Å²) in [6.07, 6.45) is -4.91. The molecule has 0 bridgehead atoms. The van der Waals surface area contributed by atoms with Crippen LogP contribution in [0.15, 0.2) is 47.4 Å². The van der Waals surface area contributed by atoms with Crippen LogP contribution in [-0.4, -0.2) is 74.6 Å². The first kappa shape index (κ1) is 30.8. The van der Waals surface area contributed by atoms with Gasteiger partial charge in [-0.15, -0.1) is 0 Å². The van der Waals surface area contributed by atoms with Gasteiger partial charge in [0.05, 0.1) is 14.2 Å². The van der Waals surface area contributed by atoms with Crippen molar-refractivity contribution in [2.75, 3.05) is 20.8 Å². The summed E-state index contributed by atoms with van der Waals surface area (Å²) in [5.41, 5.74) is 0.0453. The Balaban J connectivity index is 2.09. The number of hydrogen-bond acceptors (Lipinski definition) is 12. The number of carbonyl (C=O) groups is 4. The van der Waals surface area contributed by atoms with E-state index in [-0.39, 0.29) is 23.7 Å². The van der Waals surface area contributed by atoms with Crippen molar-refractivity contribution < 1.29 is 52.3 Å². The van der Waals surface area contributed by atoms with Crippen molar-refractivity contribution in [3.8, 4) is 11.5 Å². The molecule has 1 saturated heterocycles. The topological polar surface area (TPSA) is 133 Å². The van der Waals surface area contributed by atoms with E-state index in [0.29, 0.717) is 0 Å². The van der Waals surface area contributed by atoms with Gasteiger partial charge in [-0.1, -0.05) is 35.5 Å². The van der Waals surface area contributed by atoms with E-state index >= 15 is 0 Å². The molecule has 1 aliphatic rings. The van der Waals surface area contributed by atoms with Crippen LogP contribution in [0.3, 0.4) is 0 Å². The second-order valence-electron chi connectivity index (χ2n) is 8.83. The maximum Gasteiger partial charge on any atom is 0.346 e. The van der Waals surface area contributed by atoms with Gasteiger partial charge in [0.25, 0.3) is 0 Å². The molecule has 40 heavy (non-hydrogen) atoms. The van der Waals surface area contributed by atoms with Gasteiger partial charge in [-0.2, -0.15) is 0 Å². The highest BCUT2D eigenvalue weighted by Crippen LogP contribution is 2.39. The molecule has 0 spiro atoms. The van der Waals surface area contributed by atoms with E-state index in [0.717, 1.165) is 10.5 Å². The normalized spacial score (nSPS) is 22.0. The molecule has 0 amide bonds. The summed E-state index contributed by atoms with van der Waals surface area (Å²) in [7, 11) is 2.78. The third-order valence-corrected chi connectivity index (χ3v) is 6.95. The van der Waals surface area contributed by atoms with E-state index in [1.165, 1.54) is 46.8 Å². The van der Waals surface area contributed by atoms with E-state index in [1.807, 2.05) is 31.2 Å². The highest BCUT2D eigenvalue weighted by atomic mass is 32.2. The van der Waals surface area contributed by atoms with Crippen molar-refractivity contribution in [1.29, 1.82) is 0 Å². The molecule has 0 aliphatic carbocycles. The summed E-state index contributed by atoms with van der Waals surface area (Å²) in [6.45, 7) is 5.19. The number of aryl methyl sites for hydroxylation is 1. The maximum absolute atomic E-state index is 13.6. The van der Waals surface area contributed by atoms with Crippen molar-refractivity contribution in [2.24, 2.45) is 0 Å². The van der Waals surface area contributed by atoms with E-state index in [9.17, 15) is 19.2 Å². The number of hydrogen-bond donors (Lipinski definition) is 0. The molecule has 1 heterocycles. The van der Waals surface area contributed by atoms with Gasteiger partial charge in [0, 0.05) is 25.7 Å². The molecular formula is C28H32O11S. The lowest BCUT2D eigenvalue weighted by Crippen LogP contribution is -2.61. The predicted octanol–water partition coefficient (Wildman–Crippen LogP) is 3.48. The third kappa shape index (κ3) is 7.89. The second-order valence-corrected chi connectivity index (χ2v) is 10.0. The van der Waals surface area contributed by atoms with Crippen molar-refractivity contribution in [2.45, 2.75) is 62.4 Å². The minimum Gasteiger partial charge on any atom is -0.496 e. The van der Waals surface area contributed by atoms with Crippen LogP contribution in [0.5, 0.6) is 11.5 Å². The number of esters is 4. The zero-order valence-corrected chi connectivity index (χ0v) is 23.9. The Bertz CT molecular complexity index is 1190. The van der Waals surface area contributed by atoms with Crippen LogP contribution < -0.4 is 9.47 Å². The minimum atomic E-state index is -1.32. The Morgan fingerprint density at radius 3 is 1.88 bits per heavy atom. The molecular weight excluding hydrogens is 544 g/mol. The van der Waals surface area contributed by atoms with Gasteiger partial charge in [0.15, 0.2) is 18.3 Å². The standard InChI is InChI=1S/C28H32O11S/c1-15-10-12-19(13-11-15)40-28-26(39-27(32)23-20(33-5)8-7-9-21(23)34-6)25(37-18(4)31)24(36-17(3)30)22(38-28)14-35-16(2)29/h7-13,22,24-26,28H,14H2,1-6H3/t22-,24+,25+,26-,28+/m1/s1. The Labute approximate surface area is 236 Å². The van der Waals surface area contributed by atoms with E-state index in [4.69, 9.17) is 33.2 Å². The minimum absolute atomic E-state index is 0.000710. The summed E-state index contributed by atoms with van der Waals surface area (Å²) < 4.78 is 39.1. The van der Waals surface area contributed by atoms with Crippen molar-refractivity contribution >= 4 is 35.6 Å². The van der Waals surface area contributed by atoms with Crippen LogP contribution >= 0.6 is 11.8 Å². The Hall–Kier alpha value is -3.77.